The van der Waals surface area contributed by atoms with Crippen LogP contribution in [0.2, 0.25) is 0 Å². The molecule has 2 aliphatic heterocycles. The number of carbonyl (C=O) groups excluding carboxylic acids is 2. The van der Waals surface area contributed by atoms with E-state index < -0.39 is 5.54 Å². The van der Waals surface area contributed by atoms with Gasteiger partial charge in [-0.3, -0.25) is 9.69 Å². The highest BCUT2D eigenvalue weighted by molar-refractivity contribution is 6.06. The minimum atomic E-state index is -0.855. The van der Waals surface area contributed by atoms with Crippen molar-refractivity contribution < 1.29 is 9.59 Å². The second-order valence-electron chi connectivity index (χ2n) is 7.78. The van der Waals surface area contributed by atoms with Crippen molar-refractivity contribution in [2.75, 3.05) is 37.7 Å². The molecule has 0 radical (unpaired) electrons. The summed E-state index contributed by atoms with van der Waals surface area (Å²) in [5.41, 5.74) is 0.306. The largest absolute Gasteiger partial charge is 0.338 e. The summed E-state index contributed by atoms with van der Waals surface area (Å²) in [5.74, 6) is 0.572. The molecule has 8 heteroatoms. The lowest BCUT2D eigenvalue weighted by molar-refractivity contribution is -0.132. The standard InChI is InChI=1S/C21H26N6O2/c1-21(9-8-17-6-3-2-4-7-17)18(28)27(20(29)24-21)16-25-12-14-26(15-13-25)19-22-10-5-11-23-19/h2-7,10-11H,8-9,12-16H2,1H3,(H,24,29)/t21-/m1/s1. The number of urea groups is 1. The molecule has 29 heavy (non-hydrogen) atoms. The van der Waals surface area contributed by atoms with E-state index in [-0.39, 0.29) is 11.9 Å². The van der Waals surface area contributed by atoms with Gasteiger partial charge in [-0.2, -0.15) is 0 Å². The molecule has 152 valence electrons. The van der Waals surface area contributed by atoms with Crippen LogP contribution in [0.15, 0.2) is 48.8 Å². The number of anilines is 1. The van der Waals surface area contributed by atoms with E-state index in [0.717, 1.165) is 44.1 Å². The molecule has 1 N–H and O–H groups in total. The van der Waals surface area contributed by atoms with Gasteiger partial charge >= 0.3 is 6.03 Å². The zero-order valence-corrected chi connectivity index (χ0v) is 16.6. The molecular formula is C21H26N6O2. The molecule has 2 aliphatic rings. The van der Waals surface area contributed by atoms with Crippen molar-refractivity contribution in [3.63, 3.8) is 0 Å². The highest BCUT2D eigenvalue weighted by Gasteiger charge is 2.47. The number of nitrogens with one attached hydrogen (secondary N) is 1. The lowest BCUT2D eigenvalue weighted by Gasteiger charge is -2.36. The number of piperazine rings is 1. The number of nitrogens with zero attached hydrogens (tertiary/aromatic N) is 5. The predicted octanol–water partition coefficient (Wildman–Crippen LogP) is 1.50. The fourth-order valence-corrected chi connectivity index (χ4v) is 3.83. The first-order valence-electron chi connectivity index (χ1n) is 9.97. The smallest absolute Gasteiger partial charge is 0.326 e. The molecule has 2 aromatic rings. The van der Waals surface area contributed by atoms with Crippen molar-refractivity contribution in [3.05, 3.63) is 54.4 Å². The summed E-state index contributed by atoms with van der Waals surface area (Å²) in [4.78, 5) is 39.7. The van der Waals surface area contributed by atoms with E-state index in [4.69, 9.17) is 0 Å². The molecule has 3 heterocycles. The number of carbonyl (C=O) groups is 2. The van der Waals surface area contributed by atoms with Gasteiger partial charge in [0.15, 0.2) is 0 Å². The van der Waals surface area contributed by atoms with Gasteiger partial charge in [0.2, 0.25) is 5.95 Å². The molecule has 4 rings (SSSR count). The highest BCUT2D eigenvalue weighted by atomic mass is 16.2. The number of rotatable bonds is 6. The number of benzene rings is 1. The van der Waals surface area contributed by atoms with Gasteiger partial charge in [-0.15, -0.1) is 0 Å². The van der Waals surface area contributed by atoms with Crippen molar-refractivity contribution in [2.24, 2.45) is 0 Å². The molecule has 0 aliphatic carbocycles. The molecule has 2 fully saturated rings. The van der Waals surface area contributed by atoms with Crippen LogP contribution in [0.3, 0.4) is 0 Å². The van der Waals surface area contributed by atoms with Gasteiger partial charge < -0.3 is 10.2 Å². The van der Waals surface area contributed by atoms with Crippen molar-refractivity contribution in [1.82, 2.24) is 25.1 Å². The highest BCUT2D eigenvalue weighted by Crippen LogP contribution is 2.24. The summed E-state index contributed by atoms with van der Waals surface area (Å²) >= 11 is 0. The molecule has 8 nitrogen and oxygen atoms in total. The van der Waals surface area contributed by atoms with E-state index in [0.29, 0.717) is 13.1 Å². The minimum Gasteiger partial charge on any atom is -0.338 e. The maximum atomic E-state index is 13.0. The average Bonchev–Trinajstić information content (AvgIpc) is 2.97. The SMILES string of the molecule is C[C@]1(CCc2ccccc2)NC(=O)N(CN2CCN(c3ncccn3)CC2)C1=O. The zero-order chi connectivity index (χ0) is 20.3. The maximum Gasteiger partial charge on any atom is 0.326 e. The van der Waals surface area contributed by atoms with Gasteiger partial charge in [0, 0.05) is 38.6 Å². The van der Waals surface area contributed by atoms with Crippen LogP contribution in [-0.2, 0) is 11.2 Å². The third-order valence-electron chi connectivity index (χ3n) is 5.65. The van der Waals surface area contributed by atoms with E-state index in [1.807, 2.05) is 37.3 Å². The number of hydrogen-bond donors (Lipinski definition) is 1. The summed E-state index contributed by atoms with van der Waals surface area (Å²) < 4.78 is 0. The molecule has 1 aromatic heterocycles. The Morgan fingerprint density at radius 1 is 1.00 bits per heavy atom. The van der Waals surface area contributed by atoms with Crippen molar-refractivity contribution in [1.29, 1.82) is 0 Å². The Kier molecular flexibility index (Phi) is 5.44. The molecule has 3 amide bonds. The molecule has 0 bridgehead atoms. The first kappa shape index (κ1) is 19.3. The molecule has 0 spiro atoms. The Morgan fingerprint density at radius 2 is 1.69 bits per heavy atom. The summed E-state index contributed by atoms with van der Waals surface area (Å²) in [6.45, 7) is 5.15. The van der Waals surface area contributed by atoms with Crippen molar-refractivity contribution in [2.45, 2.75) is 25.3 Å². The monoisotopic (exact) mass is 394 g/mol. The van der Waals surface area contributed by atoms with E-state index >= 15 is 0 Å². The van der Waals surface area contributed by atoms with Crippen LogP contribution in [0.25, 0.3) is 0 Å². The van der Waals surface area contributed by atoms with Crippen molar-refractivity contribution >= 4 is 17.9 Å². The zero-order valence-electron chi connectivity index (χ0n) is 16.6. The molecule has 0 saturated carbocycles. The van der Waals surface area contributed by atoms with Gasteiger partial charge in [-0.25, -0.2) is 19.7 Å². The third kappa shape index (κ3) is 4.22. The molecule has 1 atom stereocenters. The summed E-state index contributed by atoms with van der Waals surface area (Å²) in [6.07, 6.45) is 4.79. The summed E-state index contributed by atoms with van der Waals surface area (Å²) in [6, 6.07) is 11.5. The lowest BCUT2D eigenvalue weighted by atomic mass is 9.93. The van der Waals surface area contributed by atoms with Gasteiger partial charge in [0.05, 0.1) is 6.67 Å². The van der Waals surface area contributed by atoms with E-state index in [9.17, 15) is 9.59 Å². The second-order valence-corrected chi connectivity index (χ2v) is 7.78. The quantitative estimate of drug-likeness (QED) is 0.748. The van der Waals surface area contributed by atoms with Gasteiger partial charge in [0.1, 0.15) is 5.54 Å². The minimum absolute atomic E-state index is 0.146. The van der Waals surface area contributed by atoms with Crippen LogP contribution in [0.1, 0.15) is 18.9 Å². The Morgan fingerprint density at radius 3 is 2.38 bits per heavy atom. The van der Waals surface area contributed by atoms with E-state index in [2.05, 4.69) is 25.1 Å². The normalized spacial score (nSPS) is 22.8. The van der Waals surface area contributed by atoms with Crippen LogP contribution in [-0.4, -0.2) is 70.1 Å². The van der Waals surface area contributed by atoms with Crippen LogP contribution >= 0.6 is 0 Å². The number of amides is 3. The van der Waals surface area contributed by atoms with Gasteiger partial charge in [-0.1, -0.05) is 30.3 Å². The van der Waals surface area contributed by atoms with E-state index in [1.54, 1.807) is 18.5 Å². The average molecular weight is 394 g/mol. The molecule has 2 saturated heterocycles. The van der Waals surface area contributed by atoms with Crippen LogP contribution in [0, 0.1) is 0 Å². The number of aromatic nitrogens is 2. The predicted molar refractivity (Wildman–Crippen MR) is 109 cm³/mol. The first-order valence-corrected chi connectivity index (χ1v) is 9.97. The summed E-state index contributed by atoms with van der Waals surface area (Å²) in [5, 5.41) is 2.90. The third-order valence-corrected chi connectivity index (χ3v) is 5.65. The fourth-order valence-electron chi connectivity index (χ4n) is 3.83. The Balaban J connectivity index is 1.32. The number of hydrogen-bond acceptors (Lipinski definition) is 6. The van der Waals surface area contributed by atoms with Crippen LogP contribution < -0.4 is 10.2 Å². The first-order chi connectivity index (χ1) is 14.0. The Hall–Kier alpha value is -3.00. The molecular weight excluding hydrogens is 368 g/mol. The lowest BCUT2D eigenvalue weighted by Crippen LogP contribution is -2.52. The van der Waals surface area contributed by atoms with E-state index in [1.165, 1.54) is 4.90 Å². The fraction of sp³-hybridized carbons (Fsp3) is 0.429. The Bertz CT molecular complexity index is 854. The number of aryl methyl sites for hydroxylation is 1. The maximum absolute atomic E-state index is 13.0. The van der Waals surface area contributed by atoms with Crippen LogP contribution in [0.4, 0.5) is 10.7 Å². The Labute approximate surface area is 170 Å². The molecule has 1 aromatic carbocycles. The second kappa shape index (κ2) is 8.16. The van der Waals surface area contributed by atoms with Crippen LogP contribution in [0.5, 0.6) is 0 Å². The van der Waals surface area contributed by atoms with Crippen molar-refractivity contribution in [3.8, 4) is 0 Å². The topological polar surface area (TPSA) is 81.7 Å². The number of imide groups is 1. The van der Waals surface area contributed by atoms with Gasteiger partial charge in [-0.05, 0) is 31.4 Å². The molecule has 0 unspecified atom stereocenters. The van der Waals surface area contributed by atoms with Gasteiger partial charge in [0.25, 0.3) is 5.91 Å². The summed E-state index contributed by atoms with van der Waals surface area (Å²) in [7, 11) is 0.